The first-order chi connectivity index (χ1) is 16.4. The van der Waals surface area contributed by atoms with Gasteiger partial charge in [-0.3, -0.25) is 14.5 Å². The average molecular weight is 472 g/mol. The number of anilines is 1. The van der Waals surface area contributed by atoms with Crippen LogP contribution in [0.5, 0.6) is 0 Å². The second-order valence-corrected chi connectivity index (χ2v) is 8.40. The van der Waals surface area contributed by atoms with Crippen molar-refractivity contribution in [3.63, 3.8) is 0 Å². The standard InChI is InChI=1S/C22H23F3N8O/c23-22(24,25)5-1-2-15-12-33-17(10-28-20(33)11-27-15)21-26-6-3-19(31-21)32-7-4-18(34)16(13-32)14-8-29-30-9-14/h3,6,8-12,16,18,34H,1-2,4-5,7,13H2,(H,29,30). The molecule has 1 aliphatic rings. The van der Waals surface area contributed by atoms with Gasteiger partial charge in [-0.2, -0.15) is 18.3 Å². The van der Waals surface area contributed by atoms with Gasteiger partial charge < -0.3 is 10.0 Å². The number of nitrogens with one attached hydrogen (secondary N) is 1. The zero-order valence-corrected chi connectivity index (χ0v) is 18.2. The molecule has 2 N–H and O–H groups in total. The van der Waals surface area contributed by atoms with Gasteiger partial charge in [-0.25, -0.2) is 15.0 Å². The summed E-state index contributed by atoms with van der Waals surface area (Å²) in [7, 11) is 0. The molecule has 2 unspecified atom stereocenters. The smallest absolute Gasteiger partial charge is 0.389 e. The first-order valence-corrected chi connectivity index (χ1v) is 11.0. The number of aryl methyl sites for hydroxylation is 1. The van der Waals surface area contributed by atoms with Crippen molar-refractivity contribution in [2.24, 2.45) is 0 Å². The van der Waals surface area contributed by atoms with Crippen molar-refractivity contribution in [2.45, 2.75) is 43.9 Å². The predicted molar refractivity (Wildman–Crippen MR) is 117 cm³/mol. The normalized spacial score (nSPS) is 19.1. The minimum Gasteiger partial charge on any atom is -0.392 e. The lowest BCUT2D eigenvalue weighted by Crippen LogP contribution is -2.42. The quantitative estimate of drug-likeness (QED) is 0.444. The first kappa shape index (κ1) is 22.3. The van der Waals surface area contributed by atoms with Gasteiger partial charge in [-0.1, -0.05) is 0 Å². The molecule has 0 bridgehead atoms. The maximum atomic E-state index is 12.5. The minimum absolute atomic E-state index is 0.0311. The Bertz CT molecular complexity index is 1260. The van der Waals surface area contributed by atoms with Gasteiger partial charge in [0.1, 0.15) is 11.5 Å². The molecule has 1 aliphatic heterocycles. The summed E-state index contributed by atoms with van der Waals surface area (Å²) in [5.74, 6) is 1.08. The van der Waals surface area contributed by atoms with E-state index in [1.54, 1.807) is 35.4 Å². The summed E-state index contributed by atoms with van der Waals surface area (Å²) in [5, 5.41) is 17.3. The Morgan fingerprint density at radius 3 is 2.82 bits per heavy atom. The van der Waals surface area contributed by atoms with E-state index in [1.807, 2.05) is 6.07 Å². The molecule has 9 nitrogen and oxygen atoms in total. The zero-order valence-electron chi connectivity index (χ0n) is 18.2. The number of nitrogens with zero attached hydrogens (tertiary/aromatic N) is 7. The fourth-order valence-corrected chi connectivity index (χ4v) is 4.28. The van der Waals surface area contributed by atoms with Crippen molar-refractivity contribution in [1.82, 2.24) is 34.5 Å². The molecule has 5 rings (SSSR count). The number of piperidine rings is 1. The van der Waals surface area contributed by atoms with Crippen LogP contribution in [0.1, 0.15) is 36.4 Å². The molecule has 2 atom stereocenters. The van der Waals surface area contributed by atoms with Gasteiger partial charge in [0, 0.05) is 44.0 Å². The summed E-state index contributed by atoms with van der Waals surface area (Å²) in [6.07, 6.45) is 5.32. The lowest BCUT2D eigenvalue weighted by molar-refractivity contribution is -0.135. The van der Waals surface area contributed by atoms with Crippen molar-refractivity contribution < 1.29 is 18.3 Å². The van der Waals surface area contributed by atoms with Crippen LogP contribution in [0.2, 0.25) is 0 Å². The van der Waals surface area contributed by atoms with Crippen LogP contribution in [-0.2, 0) is 6.42 Å². The maximum absolute atomic E-state index is 12.5. The summed E-state index contributed by atoms with van der Waals surface area (Å²) in [4.78, 5) is 19.8. The molecule has 0 aromatic carbocycles. The number of hydrogen-bond acceptors (Lipinski definition) is 7. The van der Waals surface area contributed by atoms with Crippen LogP contribution in [-0.4, -0.2) is 65.0 Å². The van der Waals surface area contributed by atoms with Gasteiger partial charge in [0.2, 0.25) is 0 Å². The SMILES string of the molecule is OC1CCN(c2ccnc(-c3cnc4cnc(CCCC(F)(F)F)cn34)n2)CC1c1cn[nH]c1. The fourth-order valence-electron chi connectivity index (χ4n) is 4.28. The van der Waals surface area contributed by atoms with Crippen LogP contribution in [0.15, 0.2) is 43.2 Å². The number of aliphatic hydroxyl groups is 1. The van der Waals surface area contributed by atoms with E-state index >= 15 is 0 Å². The Morgan fingerprint density at radius 1 is 1.15 bits per heavy atom. The number of hydrogen-bond donors (Lipinski definition) is 2. The molecule has 4 aromatic heterocycles. The van der Waals surface area contributed by atoms with Gasteiger partial charge in [0.25, 0.3) is 0 Å². The van der Waals surface area contributed by atoms with E-state index in [4.69, 9.17) is 4.98 Å². The molecule has 0 spiro atoms. The summed E-state index contributed by atoms with van der Waals surface area (Å²) in [6.45, 7) is 1.23. The number of rotatable bonds is 6. The Kier molecular flexibility index (Phi) is 5.90. The number of fused-ring (bicyclic) bond motifs is 1. The van der Waals surface area contributed by atoms with E-state index in [0.717, 1.165) is 11.4 Å². The molecule has 1 saturated heterocycles. The summed E-state index contributed by atoms with van der Waals surface area (Å²) in [6, 6.07) is 1.82. The lowest BCUT2D eigenvalue weighted by atomic mass is 9.90. The highest BCUT2D eigenvalue weighted by Crippen LogP contribution is 2.30. The molecule has 34 heavy (non-hydrogen) atoms. The molecule has 0 radical (unpaired) electrons. The van der Waals surface area contributed by atoms with E-state index in [1.165, 1.54) is 6.20 Å². The van der Waals surface area contributed by atoms with Crippen molar-refractivity contribution in [3.8, 4) is 11.5 Å². The molecule has 178 valence electrons. The predicted octanol–water partition coefficient (Wildman–Crippen LogP) is 3.15. The Balaban J connectivity index is 1.38. The molecule has 1 fully saturated rings. The first-order valence-electron chi connectivity index (χ1n) is 11.0. The monoisotopic (exact) mass is 472 g/mol. The minimum atomic E-state index is -4.18. The molecule has 0 amide bonds. The van der Waals surface area contributed by atoms with Gasteiger partial charge in [0.15, 0.2) is 11.5 Å². The number of H-pyrrole nitrogens is 1. The van der Waals surface area contributed by atoms with Crippen molar-refractivity contribution in [1.29, 1.82) is 0 Å². The van der Waals surface area contributed by atoms with Crippen LogP contribution in [0.4, 0.5) is 19.0 Å². The van der Waals surface area contributed by atoms with E-state index < -0.39 is 18.7 Å². The van der Waals surface area contributed by atoms with Gasteiger partial charge in [-0.15, -0.1) is 0 Å². The molecule has 0 saturated carbocycles. The van der Waals surface area contributed by atoms with Crippen molar-refractivity contribution in [2.75, 3.05) is 18.0 Å². The van der Waals surface area contributed by atoms with Crippen LogP contribution < -0.4 is 4.90 Å². The largest absolute Gasteiger partial charge is 0.392 e. The zero-order chi connectivity index (χ0) is 23.7. The van der Waals surface area contributed by atoms with Crippen LogP contribution >= 0.6 is 0 Å². The Labute approximate surface area is 192 Å². The van der Waals surface area contributed by atoms with Crippen molar-refractivity contribution in [3.05, 3.63) is 54.5 Å². The highest BCUT2D eigenvalue weighted by atomic mass is 19.4. The molecule has 0 aliphatic carbocycles. The Morgan fingerprint density at radius 2 is 2.03 bits per heavy atom. The average Bonchev–Trinajstić information content (AvgIpc) is 3.49. The third-order valence-electron chi connectivity index (χ3n) is 6.06. The third kappa shape index (κ3) is 4.72. The summed E-state index contributed by atoms with van der Waals surface area (Å²) >= 11 is 0. The topological polar surface area (TPSA) is 108 Å². The summed E-state index contributed by atoms with van der Waals surface area (Å²) in [5.41, 5.74) is 2.67. The van der Waals surface area contributed by atoms with Gasteiger partial charge in [-0.05, 0) is 30.9 Å². The highest BCUT2D eigenvalue weighted by Gasteiger charge is 2.30. The molecular formula is C22H23F3N8O. The lowest BCUT2D eigenvalue weighted by Gasteiger charge is -2.36. The number of aliphatic hydroxyl groups excluding tert-OH is 1. The van der Waals surface area contributed by atoms with Crippen LogP contribution in [0.25, 0.3) is 17.2 Å². The number of halogens is 3. The number of alkyl halides is 3. The molecular weight excluding hydrogens is 449 g/mol. The highest BCUT2D eigenvalue weighted by molar-refractivity contribution is 5.58. The van der Waals surface area contributed by atoms with E-state index in [9.17, 15) is 18.3 Å². The third-order valence-corrected chi connectivity index (χ3v) is 6.06. The maximum Gasteiger partial charge on any atom is 0.389 e. The fraction of sp³-hybridized carbons (Fsp3) is 0.409. The van der Waals surface area contributed by atoms with Crippen LogP contribution in [0, 0.1) is 0 Å². The molecule has 12 heteroatoms. The number of aromatic amines is 1. The van der Waals surface area contributed by atoms with Crippen LogP contribution in [0.3, 0.4) is 0 Å². The Hall–Kier alpha value is -3.54. The van der Waals surface area contributed by atoms with Crippen molar-refractivity contribution >= 4 is 11.5 Å². The number of imidazole rings is 1. The van der Waals surface area contributed by atoms with E-state index in [0.29, 0.717) is 42.4 Å². The molecule has 4 aromatic rings. The second-order valence-electron chi connectivity index (χ2n) is 8.40. The van der Waals surface area contributed by atoms with Gasteiger partial charge in [0.05, 0.1) is 30.4 Å². The van der Waals surface area contributed by atoms with E-state index in [-0.39, 0.29) is 18.8 Å². The summed E-state index contributed by atoms with van der Waals surface area (Å²) < 4.78 is 39.2. The number of aromatic nitrogens is 7. The van der Waals surface area contributed by atoms with Gasteiger partial charge >= 0.3 is 6.18 Å². The van der Waals surface area contributed by atoms with E-state index in [2.05, 4.69) is 30.0 Å². The second kappa shape index (κ2) is 9.01. The molecule has 5 heterocycles.